The molecule has 0 spiro atoms. The third-order valence-electron chi connectivity index (χ3n) is 3.59. The minimum Gasteiger partial charge on any atom is -0.338 e. The van der Waals surface area contributed by atoms with Crippen LogP contribution in [-0.2, 0) is 6.54 Å². The third kappa shape index (κ3) is 2.67. The summed E-state index contributed by atoms with van der Waals surface area (Å²) in [5.41, 5.74) is 7.38. The number of hydrogen-bond acceptors (Lipinski definition) is 2. The van der Waals surface area contributed by atoms with Crippen LogP contribution in [0.5, 0.6) is 0 Å². The molecule has 1 amide bonds. The highest BCUT2D eigenvalue weighted by atomic mass is 16.2. The number of amides is 1. The van der Waals surface area contributed by atoms with Crippen molar-refractivity contribution in [1.82, 2.24) is 4.90 Å². The van der Waals surface area contributed by atoms with Gasteiger partial charge in [-0.05, 0) is 30.0 Å². The van der Waals surface area contributed by atoms with Gasteiger partial charge in [-0.25, -0.2) is 0 Å². The highest BCUT2D eigenvalue weighted by Crippen LogP contribution is 2.21. The van der Waals surface area contributed by atoms with Gasteiger partial charge in [0.15, 0.2) is 0 Å². The van der Waals surface area contributed by atoms with Crippen molar-refractivity contribution in [3.63, 3.8) is 0 Å². The summed E-state index contributed by atoms with van der Waals surface area (Å²) >= 11 is 0. The maximum absolute atomic E-state index is 12.2. The van der Waals surface area contributed by atoms with E-state index in [-0.39, 0.29) is 5.91 Å². The Balaban J connectivity index is 2.04. The van der Waals surface area contributed by atoms with Crippen LogP contribution in [0.2, 0.25) is 0 Å². The van der Waals surface area contributed by atoms with Gasteiger partial charge in [0.05, 0.1) is 0 Å². The zero-order chi connectivity index (χ0) is 12.3. The van der Waals surface area contributed by atoms with E-state index in [1.165, 1.54) is 0 Å². The predicted octanol–water partition coefficient (Wildman–Crippen LogP) is 2.02. The van der Waals surface area contributed by atoms with Gasteiger partial charge < -0.3 is 10.6 Å². The Kier molecular flexibility index (Phi) is 3.79. The lowest BCUT2D eigenvalue weighted by Gasteiger charge is -2.16. The number of hydrogen-bond donors (Lipinski definition) is 1. The third-order valence-corrected chi connectivity index (χ3v) is 3.59. The van der Waals surface area contributed by atoms with E-state index in [2.05, 4.69) is 6.92 Å². The Hall–Kier alpha value is -1.35. The fraction of sp³-hybridized carbons (Fsp3) is 0.500. The molecule has 3 heteroatoms. The Bertz CT molecular complexity index is 386. The number of carbonyl (C=O) groups excluding carboxylic acids is 1. The van der Waals surface area contributed by atoms with E-state index >= 15 is 0 Å². The first-order valence-corrected chi connectivity index (χ1v) is 6.33. The number of nitrogens with zero attached hydrogens (tertiary/aromatic N) is 1. The highest BCUT2D eigenvalue weighted by molar-refractivity contribution is 5.94. The van der Waals surface area contributed by atoms with Crippen LogP contribution in [-0.4, -0.2) is 23.9 Å². The number of rotatable bonds is 3. The lowest BCUT2D eigenvalue weighted by molar-refractivity contribution is 0.0787. The first-order chi connectivity index (χ1) is 8.24. The van der Waals surface area contributed by atoms with Gasteiger partial charge in [0.25, 0.3) is 5.91 Å². The standard InChI is InChI=1S/C14H20N2O/c1-2-11-7-8-16(10-11)14(17)13-5-3-12(9-15)4-6-13/h3-6,11H,2,7-10,15H2,1H3. The van der Waals surface area contributed by atoms with Crippen LogP contribution in [0.3, 0.4) is 0 Å². The summed E-state index contributed by atoms with van der Waals surface area (Å²) < 4.78 is 0. The minimum atomic E-state index is 0.157. The molecule has 3 nitrogen and oxygen atoms in total. The van der Waals surface area contributed by atoms with E-state index in [1.54, 1.807) is 0 Å². The average Bonchev–Trinajstić information content (AvgIpc) is 2.87. The van der Waals surface area contributed by atoms with Gasteiger partial charge >= 0.3 is 0 Å². The van der Waals surface area contributed by atoms with Crippen LogP contribution in [0.4, 0.5) is 0 Å². The summed E-state index contributed by atoms with van der Waals surface area (Å²) in [6.45, 7) is 4.52. The zero-order valence-corrected chi connectivity index (χ0v) is 10.4. The summed E-state index contributed by atoms with van der Waals surface area (Å²) in [6, 6.07) is 7.62. The maximum atomic E-state index is 12.2. The van der Waals surface area contributed by atoms with Crippen LogP contribution in [0.1, 0.15) is 35.7 Å². The molecule has 17 heavy (non-hydrogen) atoms. The summed E-state index contributed by atoms with van der Waals surface area (Å²) in [5.74, 6) is 0.840. The fourth-order valence-electron chi connectivity index (χ4n) is 2.32. The van der Waals surface area contributed by atoms with Crippen molar-refractivity contribution < 1.29 is 4.79 Å². The Morgan fingerprint density at radius 1 is 1.41 bits per heavy atom. The maximum Gasteiger partial charge on any atom is 0.253 e. The van der Waals surface area contributed by atoms with Crippen molar-refractivity contribution in [1.29, 1.82) is 0 Å². The second-order valence-electron chi connectivity index (χ2n) is 4.72. The van der Waals surface area contributed by atoms with Gasteiger partial charge in [-0.1, -0.05) is 25.5 Å². The molecule has 0 saturated carbocycles. The molecule has 1 atom stereocenters. The summed E-state index contributed by atoms with van der Waals surface area (Å²) in [5, 5.41) is 0. The average molecular weight is 232 g/mol. The number of carbonyl (C=O) groups is 1. The predicted molar refractivity (Wildman–Crippen MR) is 68.6 cm³/mol. The van der Waals surface area contributed by atoms with Crippen molar-refractivity contribution in [2.24, 2.45) is 11.7 Å². The van der Waals surface area contributed by atoms with Crippen molar-refractivity contribution in [3.05, 3.63) is 35.4 Å². The molecular formula is C14H20N2O. The molecule has 0 radical (unpaired) electrons. The van der Waals surface area contributed by atoms with Gasteiger partial charge in [0, 0.05) is 25.2 Å². The normalized spacial score (nSPS) is 19.6. The Morgan fingerprint density at radius 2 is 2.12 bits per heavy atom. The molecule has 1 aromatic rings. The van der Waals surface area contributed by atoms with Crippen LogP contribution >= 0.6 is 0 Å². The summed E-state index contributed by atoms with van der Waals surface area (Å²) in [6.07, 6.45) is 2.30. The molecule has 92 valence electrons. The SMILES string of the molecule is CCC1CCN(C(=O)c2ccc(CN)cc2)C1. The van der Waals surface area contributed by atoms with E-state index in [0.717, 1.165) is 37.1 Å². The van der Waals surface area contributed by atoms with Crippen molar-refractivity contribution in [2.45, 2.75) is 26.3 Å². The molecule has 0 bridgehead atoms. The summed E-state index contributed by atoms with van der Waals surface area (Å²) in [4.78, 5) is 14.2. The number of nitrogens with two attached hydrogens (primary N) is 1. The fourth-order valence-corrected chi connectivity index (χ4v) is 2.32. The molecule has 1 aliphatic rings. The number of benzene rings is 1. The van der Waals surface area contributed by atoms with Gasteiger partial charge in [-0.15, -0.1) is 0 Å². The highest BCUT2D eigenvalue weighted by Gasteiger charge is 2.25. The largest absolute Gasteiger partial charge is 0.338 e. The van der Waals surface area contributed by atoms with Crippen LogP contribution in [0.15, 0.2) is 24.3 Å². The number of likely N-dealkylation sites (tertiary alicyclic amines) is 1. The quantitative estimate of drug-likeness (QED) is 0.866. The molecule has 0 aromatic heterocycles. The Morgan fingerprint density at radius 3 is 2.65 bits per heavy atom. The molecule has 0 aliphatic carbocycles. The Labute approximate surface area is 103 Å². The molecule has 1 saturated heterocycles. The van der Waals surface area contributed by atoms with Gasteiger partial charge in [-0.2, -0.15) is 0 Å². The van der Waals surface area contributed by atoms with Crippen LogP contribution in [0.25, 0.3) is 0 Å². The van der Waals surface area contributed by atoms with Crippen LogP contribution < -0.4 is 5.73 Å². The smallest absolute Gasteiger partial charge is 0.253 e. The van der Waals surface area contributed by atoms with Crippen molar-refractivity contribution in [3.8, 4) is 0 Å². The molecule has 2 rings (SSSR count). The molecule has 1 unspecified atom stereocenters. The monoisotopic (exact) mass is 232 g/mol. The second-order valence-corrected chi connectivity index (χ2v) is 4.72. The molecule has 2 N–H and O–H groups in total. The van der Waals surface area contributed by atoms with E-state index in [4.69, 9.17) is 5.73 Å². The van der Waals surface area contributed by atoms with E-state index in [1.807, 2.05) is 29.2 Å². The first-order valence-electron chi connectivity index (χ1n) is 6.33. The van der Waals surface area contributed by atoms with Gasteiger partial charge in [-0.3, -0.25) is 4.79 Å². The minimum absolute atomic E-state index is 0.157. The molecule has 1 aromatic carbocycles. The van der Waals surface area contributed by atoms with Gasteiger partial charge in [0.1, 0.15) is 0 Å². The van der Waals surface area contributed by atoms with E-state index in [0.29, 0.717) is 12.5 Å². The van der Waals surface area contributed by atoms with E-state index < -0.39 is 0 Å². The molecule has 1 fully saturated rings. The van der Waals surface area contributed by atoms with E-state index in [9.17, 15) is 4.79 Å². The second kappa shape index (κ2) is 5.32. The van der Waals surface area contributed by atoms with Crippen molar-refractivity contribution >= 4 is 5.91 Å². The topological polar surface area (TPSA) is 46.3 Å². The molecule has 1 aliphatic heterocycles. The van der Waals surface area contributed by atoms with Crippen LogP contribution in [0, 0.1) is 5.92 Å². The first kappa shape index (κ1) is 12.1. The lowest BCUT2D eigenvalue weighted by atomic mass is 10.1. The lowest BCUT2D eigenvalue weighted by Crippen LogP contribution is -2.28. The summed E-state index contributed by atoms with van der Waals surface area (Å²) in [7, 11) is 0. The van der Waals surface area contributed by atoms with Gasteiger partial charge in [0.2, 0.25) is 0 Å². The molecule has 1 heterocycles. The molecular weight excluding hydrogens is 212 g/mol. The van der Waals surface area contributed by atoms with Crippen molar-refractivity contribution in [2.75, 3.05) is 13.1 Å². The zero-order valence-electron chi connectivity index (χ0n) is 10.4.